The zero-order valence-corrected chi connectivity index (χ0v) is 10.2. The molecule has 2 atom stereocenters. The molecule has 2 N–H and O–H groups in total. The number of hydroxylamine groups is 2. The maximum atomic E-state index is 12.1. The number of hydrogen-bond acceptors (Lipinski definition) is 4. The number of carbonyl (C=O) groups is 1. The molecular weight excluding hydrogens is 236 g/mol. The average molecular weight is 254 g/mol. The smallest absolute Gasteiger partial charge is 0.345 e. The van der Waals surface area contributed by atoms with Crippen molar-refractivity contribution in [2.24, 2.45) is 0 Å². The Balaban J connectivity index is 2.18. The van der Waals surface area contributed by atoms with Gasteiger partial charge in [-0.1, -0.05) is 12.2 Å². The van der Waals surface area contributed by atoms with Crippen LogP contribution in [0, 0.1) is 0 Å². The van der Waals surface area contributed by atoms with Gasteiger partial charge in [0.25, 0.3) is 0 Å². The molecule has 18 heavy (non-hydrogen) atoms. The SMILES string of the molecule is C=CCON1C(=O)N2C[C@H]1C=C(CCO)[C@H]2CO. The van der Waals surface area contributed by atoms with Crippen LogP contribution in [0.1, 0.15) is 6.42 Å². The van der Waals surface area contributed by atoms with Gasteiger partial charge in [0.1, 0.15) is 0 Å². The molecule has 2 aliphatic heterocycles. The molecule has 100 valence electrons. The summed E-state index contributed by atoms with van der Waals surface area (Å²) in [6, 6.07) is -0.745. The summed E-state index contributed by atoms with van der Waals surface area (Å²) in [5, 5.41) is 19.7. The van der Waals surface area contributed by atoms with Gasteiger partial charge < -0.3 is 15.1 Å². The van der Waals surface area contributed by atoms with Crippen molar-refractivity contribution in [3.63, 3.8) is 0 Å². The average Bonchev–Trinajstić information content (AvgIpc) is 2.61. The van der Waals surface area contributed by atoms with Crippen LogP contribution in [0.5, 0.6) is 0 Å². The van der Waals surface area contributed by atoms with Gasteiger partial charge in [-0.05, 0) is 12.0 Å². The molecule has 6 heteroatoms. The lowest BCUT2D eigenvalue weighted by Gasteiger charge is -2.30. The Morgan fingerprint density at radius 1 is 1.56 bits per heavy atom. The molecule has 2 amide bonds. The van der Waals surface area contributed by atoms with Crippen molar-refractivity contribution in [2.45, 2.75) is 18.5 Å². The number of rotatable bonds is 6. The van der Waals surface area contributed by atoms with E-state index in [1.54, 1.807) is 11.0 Å². The molecule has 6 nitrogen and oxygen atoms in total. The molecule has 0 aromatic carbocycles. The summed E-state index contributed by atoms with van der Waals surface area (Å²) in [7, 11) is 0. The maximum absolute atomic E-state index is 12.1. The Bertz CT molecular complexity index is 369. The van der Waals surface area contributed by atoms with Crippen LogP contribution < -0.4 is 0 Å². The van der Waals surface area contributed by atoms with E-state index < -0.39 is 0 Å². The van der Waals surface area contributed by atoms with Crippen LogP contribution in [0.15, 0.2) is 24.3 Å². The van der Waals surface area contributed by atoms with Crippen LogP contribution in [0.4, 0.5) is 4.79 Å². The summed E-state index contributed by atoms with van der Waals surface area (Å²) in [6.45, 7) is 4.18. The summed E-state index contributed by atoms with van der Waals surface area (Å²) < 4.78 is 0. The van der Waals surface area contributed by atoms with Gasteiger partial charge in [-0.15, -0.1) is 6.58 Å². The molecular formula is C12H18N2O4. The highest BCUT2D eigenvalue weighted by Crippen LogP contribution is 2.30. The number of carbonyl (C=O) groups excluding carboxylic acids is 1. The van der Waals surface area contributed by atoms with Crippen LogP contribution >= 0.6 is 0 Å². The van der Waals surface area contributed by atoms with E-state index >= 15 is 0 Å². The molecule has 0 aromatic rings. The van der Waals surface area contributed by atoms with Gasteiger partial charge in [0, 0.05) is 13.2 Å². The van der Waals surface area contributed by atoms with Crippen LogP contribution in [-0.2, 0) is 4.84 Å². The molecule has 0 aliphatic carbocycles. The quantitative estimate of drug-likeness (QED) is 0.649. The number of amides is 2. The van der Waals surface area contributed by atoms with Crippen molar-refractivity contribution >= 4 is 6.03 Å². The van der Waals surface area contributed by atoms with E-state index in [2.05, 4.69) is 6.58 Å². The lowest BCUT2D eigenvalue weighted by atomic mass is 9.97. The molecule has 0 spiro atoms. The van der Waals surface area contributed by atoms with Gasteiger partial charge in [0.15, 0.2) is 0 Å². The second kappa shape index (κ2) is 5.51. The van der Waals surface area contributed by atoms with Crippen molar-refractivity contribution in [3.8, 4) is 0 Å². The molecule has 0 aromatic heterocycles. The third kappa shape index (κ3) is 2.14. The van der Waals surface area contributed by atoms with Crippen LogP contribution in [-0.4, -0.2) is 64.7 Å². The normalized spacial score (nSPS) is 26.6. The molecule has 2 heterocycles. The number of nitrogens with zero attached hydrogens (tertiary/aromatic N) is 2. The topological polar surface area (TPSA) is 73.2 Å². The van der Waals surface area contributed by atoms with Crippen molar-refractivity contribution in [1.82, 2.24) is 9.96 Å². The first-order chi connectivity index (χ1) is 8.72. The Labute approximate surface area is 106 Å². The molecule has 0 unspecified atom stereocenters. The molecule has 0 radical (unpaired) electrons. The minimum absolute atomic E-state index is 0.00456. The van der Waals surface area contributed by atoms with Gasteiger partial charge >= 0.3 is 6.03 Å². The maximum Gasteiger partial charge on any atom is 0.345 e. The van der Waals surface area contributed by atoms with Crippen LogP contribution in [0.25, 0.3) is 0 Å². The number of hydrogen-bond donors (Lipinski definition) is 2. The fourth-order valence-electron chi connectivity index (χ4n) is 2.44. The summed E-state index contributed by atoms with van der Waals surface area (Å²) >= 11 is 0. The second-order valence-corrected chi connectivity index (χ2v) is 4.33. The lowest BCUT2D eigenvalue weighted by Crippen LogP contribution is -2.43. The zero-order valence-electron chi connectivity index (χ0n) is 10.2. The fourth-order valence-corrected chi connectivity index (χ4v) is 2.44. The van der Waals surface area contributed by atoms with Crippen LogP contribution in [0.3, 0.4) is 0 Å². The van der Waals surface area contributed by atoms with Crippen molar-refractivity contribution in [1.29, 1.82) is 0 Å². The molecule has 2 aliphatic rings. The summed E-state index contributed by atoms with van der Waals surface area (Å²) in [4.78, 5) is 19.0. The second-order valence-electron chi connectivity index (χ2n) is 4.33. The predicted octanol–water partition coefficient (Wildman–Crippen LogP) is -0.106. The molecule has 2 bridgehead atoms. The molecule has 1 saturated heterocycles. The Kier molecular flexibility index (Phi) is 4.00. The Hall–Kier alpha value is -1.37. The standard InChI is InChI=1S/C12H18N2O4/c1-2-5-18-14-10-6-9(3-4-15)11(8-16)13(7-10)12(14)17/h2,6,10-11,15-16H,1,3-5,7-8H2/t10-,11-/m1/s1. The van der Waals surface area contributed by atoms with E-state index in [9.17, 15) is 9.90 Å². The van der Waals surface area contributed by atoms with E-state index in [-0.39, 0.29) is 37.9 Å². The van der Waals surface area contributed by atoms with Gasteiger partial charge in [-0.25, -0.2) is 4.79 Å². The third-order valence-corrected chi connectivity index (χ3v) is 3.23. The minimum Gasteiger partial charge on any atom is -0.396 e. The predicted molar refractivity (Wildman–Crippen MR) is 64.5 cm³/mol. The van der Waals surface area contributed by atoms with Crippen molar-refractivity contribution in [3.05, 3.63) is 24.3 Å². The third-order valence-electron chi connectivity index (χ3n) is 3.23. The van der Waals surface area contributed by atoms with E-state index in [1.807, 2.05) is 6.08 Å². The molecule has 2 rings (SSSR count). The molecule has 1 fully saturated rings. The van der Waals surface area contributed by atoms with E-state index in [0.717, 1.165) is 5.57 Å². The number of aliphatic hydroxyl groups excluding tert-OH is 2. The van der Waals surface area contributed by atoms with E-state index in [0.29, 0.717) is 13.0 Å². The highest BCUT2D eigenvalue weighted by atomic mass is 16.7. The highest BCUT2D eigenvalue weighted by molar-refractivity contribution is 5.78. The first kappa shape index (κ1) is 13.1. The van der Waals surface area contributed by atoms with Gasteiger partial charge in [0.2, 0.25) is 0 Å². The first-order valence-electron chi connectivity index (χ1n) is 5.98. The fraction of sp³-hybridized carbons (Fsp3) is 0.583. The number of fused-ring (bicyclic) bond motifs is 2. The summed E-state index contributed by atoms with van der Waals surface area (Å²) in [5.41, 5.74) is 0.884. The minimum atomic E-state index is -0.349. The zero-order chi connectivity index (χ0) is 13.1. The van der Waals surface area contributed by atoms with Gasteiger partial charge in [0.05, 0.1) is 25.3 Å². The van der Waals surface area contributed by atoms with Crippen molar-refractivity contribution < 1.29 is 19.8 Å². The largest absolute Gasteiger partial charge is 0.396 e. The van der Waals surface area contributed by atoms with Gasteiger partial charge in [-0.3, -0.25) is 4.84 Å². The number of aliphatic hydroxyl groups is 2. The van der Waals surface area contributed by atoms with E-state index in [4.69, 9.17) is 9.94 Å². The Morgan fingerprint density at radius 3 is 2.94 bits per heavy atom. The molecule has 0 saturated carbocycles. The summed E-state index contributed by atoms with van der Waals surface area (Å²) in [5.74, 6) is 0. The summed E-state index contributed by atoms with van der Waals surface area (Å²) in [6.07, 6.45) is 3.94. The lowest BCUT2D eigenvalue weighted by molar-refractivity contribution is -0.107. The van der Waals surface area contributed by atoms with Crippen LogP contribution in [0.2, 0.25) is 0 Å². The number of urea groups is 1. The highest BCUT2D eigenvalue weighted by Gasteiger charge is 2.45. The van der Waals surface area contributed by atoms with E-state index in [1.165, 1.54) is 5.06 Å². The van der Waals surface area contributed by atoms with Crippen molar-refractivity contribution in [2.75, 3.05) is 26.4 Å². The monoisotopic (exact) mass is 254 g/mol. The van der Waals surface area contributed by atoms with Gasteiger partial charge in [-0.2, -0.15) is 5.06 Å². The first-order valence-corrected chi connectivity index (χ1v) is 5.98. The Morgan fingerprint density at radius 2 is 2.33 bits per heavy atom.